The van der Waals surface area contributed by atoms with Crippen LogP contribution in [0.25, 0.3) is 0 Å². The van der Waals surface area contributed by atoms with E-state index >= 15 is 0 Å². The molecule has 0 saturated carbocycles. The Morgan fingerprint density at radius 3 is 2.53 bits per heavy atom. The van der Waals surface area contributed by atoms with Crippen LogP contribution in [-0.4, -0.2) is 40.7 Å². The second-order valence-electron chi connectivity index (χ2n) is 5.85. The average molecular weight is 290 g/mol. The lowest BCUT2D eigenvalue weighted by Crippen LogP contribution is -2.36. The van der Waals surface area contributed by atoms with Gasteiger partial charge in [-0.1, -0.05) is 20.8 Å². The fraction of sp³-hybridized carbons (Fsp3) is 0.933. The fourth-order valence-corrected chi connectivity index (χ4v) is 2.44. The molecule has 3 nitrogen and oxygen atoms in total. The van der Waals surface area contributed by atoms with E-state index in [1.165, 1.54) is 0 Å². The minimum absolute atomic E-state index is 0.148. The van der Waals surface area contributed by atoms with Gasteiger partial charge in [0.05, 0.1) is 6.10 Å². The third-order valence-corrected chi connectivity index (χ3v) is 4.20. The van der Waals surface area contributed by atoms with Crippen molar-refractivity contribution in [2.45, 2.75) is 65.6 Å². The van der Waals surface area contributed by atoms with E-state index in [1.54, 1.807) is 11.8 Å². The molecular formula is C15H30O3S. The van der Waals surface area contributed by atoms with Crippen LogP contribution in [0.5, 0.6) is 0 Å². The highest BCUT2D eigenvalue weighted by Crippen LogP contribution is 2.17. The SMILES string of the molecule is CCC(O)CSCCC(=O)C(C)(C)OCCC(C)C. The lowest BCUT2D eigenvalue weighted by Gasteiger charge is -2.24. The van der Waals surface area contributed by atoms with Crippen molar-refractivity contribution < 1.29 is 14.6 Å². The van der Waals surface area contributed by atoms with Crippen molar-refractivity contribution in [1.29, 1.82) is 0 Å². The Bertz CT molecular complexity index is 252. The molecular weight excluding hydrogens is 260 g/mol. The van der Waals surface area contributed by atoms with Gasteiger partial charge in [-0.25, -0.2) is 0 Å². The number of hydrogen-bond donors (Lipinski definition) is 1. The first-order valence-electron chi connectivity index (χ1n) is 7.22. The van der Waals surface area contributed by atoms with E-state index in [0.29, 0.717) is 24.7 Å². The molecule has 0 rings (SSSR count). The summed E-state index contributed by atoms with van der Waals surface area (Å²) in [7, 11) is 0. The molecule has 0 aromatic heterocycles. The maximum atomic E-state index is 12.1. The van der Waals surface area contributed by atoms with Crippen molar-refractivity contribution >= 4 is 17.5 Å². The number of hydrogen-bond acceptors (Lipinski definition) is 4. The summed E-state index contributed by atoms with van der Waals surface area (Å²) in [4.78, 5) is 12.1. The number of ether oxygens (including phenoxy) is 1. The van der Waals surface area contributed by atoms with E-state index in [0.717, 1.165) is 18.6 Å². The molecule has 1 atom stereocenters. The number of aliphatic hydroxyl groups excluding tert-OH is 1. The molecule has 0 bridgehead atoms. The molecule has 0 spiro atoms. The Labute approximate surface area is 122 Å². The third-order valence-electron chi connectivity index (χ3n) is 3.08. The van der Waals surface area contributed by atoms with Crippen LogP contribution >= 0.6 is 11.8 Å². The van der Waals surface area contributed by atoms with Crippen molar-refractivity contribution in [3.63, 3.8) is 0 Å². The Morgan fingerprint density at radius 2 is 2.00 bits per heavy atom. The maximum Gasteiger partial charge on any atom is 0.164 e. The van der Waals surface area contributed by atoms with Gasteiger partial charge in [-0.2, -0.15) is 11.8 Å². The van der Waals surface area contributed by atoms with Gasteiger partial charge in [-0.3, -0.25) is 4.79 Å². The summed E-state index contributed by atoms with van der Waals surface area (Å²) in [6.45, 7) is 10.6. The number of carbonyl (C=O) groups excluding carboxylic acids is 1. The summed E-state index contributed by atoms with van der Waals surface area (Å²) < 4.78 is 5.69. The second kappa shape index (κ2) is 9.78. The van der Waals surface area contributed by atoms with Gasteiger partial charge in [-0.15, -0.1) is 0 Å². The summed E-state index contributed by atoms with van der Waals surface area (Å²) in [6.07, 6.45) is 2.00. The van der Waals surface area contributed by atoms with Crippen molar-refractivity contribution in [3.05, 3.63) is 0 Å². The highest BCUT2D eigenvalue weighted by atomic mass is 32.2. The zero-order valence-electron chi connectivity index (χ0n) is 13.1. The van der Waals surface area contributed by atoms with Gasteiger partial charge in [0.15, 0.2) is 5.78 Å². The molecule has 0 heterocycles. The highest BCUT2D eigenvalue weighted by molar-refractivity contribution is 7.99. The zero-order valence-corrected chi connectivity index (χ0v) is 13.9. The zero-order chi connectivity index (χ0) is 14.9. The summed E-state index contributed by atoms with van der Waals surface area (Å²) in [5.74, 6) is 2.21. The van der Waals surface area contributed by atoms with Crippen molar-refractivity contribution in [3.8, 4) is 0 Å². The Morgan fingerprint density at radius 1 is 1.37 bits per heavy atom. The van der Waals surface area contributed by atoms with E-state index < -0.39 is 5.60 Å². The topological polar surface area (TPSA) is 46.5 Å². The van der Waals surface area contributed by atoms with Gasteiger partial charge >= 0.3 is 0 Å². The minimum Gasteiger partial charge on any atom is -0.392 e. The van der Waals surface area contributed by atoms with Crippen LogP contribution in [0.15, 0.2) is 0 Å². The van der Waals surface area contributed by atoms with E-state index in [4.69, 9.17) is 4.74 Å². The van der Waals surface area contributed by atoms with E-state index in [2.05, 4.69) is 13.8 Å². The highest BCUT2D eigenvalue weighted by Gasteiger charge is 2.27. The summed E-state index contributed by atoms with van der Waals surface area (Å²) in [6, 6.07) is 0. The van der Waals surface area contributed by atoms with Crippen molar-refractivity contribution in [2.24, 2.45) is 5.92 Å². The molecule has 0 aliphatic rings. The molecule has 0 aromatic rings. The minimum atomic E-state index is -0.682. The van der Waals surface area contributed by atoms with Crippen molar-refractivity contribution in [1.82, 2.24) is 0 Å². The number of aliphatic hydroxyl groups is 1. The summed E-state index contributed by atoms with van der Waals surface area (Å²) >= 11 is 1.63. The molecule has 0 aliphatic heterocycles. The number of thioether (sulfide) groups is 1. The monoisotopic (exact) mass is 290 g/mol. The second-order valence-corrected chi connectivity index (χ2v) is 7.00. The Hall–Kier alpha value is -0.0600. The maximum absolute atomic E-state index is 12.1. The molecule has 0 fully saturated rings. The number of ketones is 1. The van der Waals surface area contributed by atoms with Gasteiger partial charge in [0, 0.05) is 24.5 Å². The van der Waals surface area contributed by atoms with Gasteiger partial charge in [-0.05, 0) is 32.6 Å². The quantitative estimate of drug-likeness (QED) is 0.593. The molecule has 4 heteroatoms. The predicted octanol–water partition coefficient (Wildman–Crippen LogP) is 3.29. The first kappa shape index (κ1) is 18.9. The van der Waals surface area contributed by atoms with Gasteiger partial charge in [0.2, 0.25) is 0 Å². The molecule has 1 N–H and O–H groups in total. The predicted molar refractivity (Wildman–Crippen MR) is 82.7 cm³/mol. The van der Waals surface area contributed by atoms with E-state index in [1.807, 2.05) is 20.8 Å². The molecule has 0 aromatic carbocycles. The lowest BCUT2D eigenvalue weighted by molar-refractivity contribution is -0.140. The first-order chi connectivity index (χ1) is 8.79. The molecule has 0 radical (unpaired) electrons. The van der Waals surface area contributed by atoms with Gasteiger partial charge in [0.25, 0.3) is 0 Å². The molecule has 114 valence electrons. The van der Waals surface area contributed by atoms with Crippen LogP contribution in [0.2, 0.25) is 0 Å². The largest absolute Gasteiger partial charge is 0.392 e. The number of Topliss-reactive ketones (excluding diaryl/α,β-unsaturated/α-hetero) is 1. The van der Waals surface area contributed by atoms with Gasteiger partial charge < -0.3 is 9.84 Å². The van der Waals surface area contributed by atoms with Crippen molar-refractivity contribution in [2.75, 3.05) is 18.1 Å². The normalized spacial score (nSPS) is 13.8. The average Bonchev–Trinajstić information content (AvgIpc) is 2.33. The Kier molecular flexibility index (Phi) is 9.75. The van der Waals surface area contributed by atoms with Crippen LogP contribution < -0.4 is 0 Å². The van der Waals surface area contributed by atoms with Crippen LogP contribution in [0.1, 0.15) is 53.9 Å². The third kappa shape index (κ3) is 9.47. The molecule has 0 amide bonds. The molecule has 19 heavy (non-hydrogen) atoms. The van der Waals surface area contributed by atoms with Gasteiger partial charge in [0.1, 0.15) is 5.60 Å². The Balaban J connectivity index is 3.84. The molecule has 0 aliphatic carbocycles. The van der Waals surface area contributed by atoms with Crippen LogP contribution in [-0.2, 0) is 9.53 Å². The number of rotatable bonds is 11. The van der Waals surface area contributed by atoms with E-state index in [9.17, 15) is 9.90 Å². The summed E-state index contributed by atoms with van der Waals surface area (Å²) in [5.41, 5.74) is -0.682. The molecule has 1 unspecified atom stereocenters. The molecule has 0 saturated heterocycles. The standard InChI is InChI=1S/C15H30O3S/c1-6-13(16)11-19-10-8-14(17)15(4,5)18-9-7-12(2)3/h12-13,16H,6-11H2,1-5H3. The lowest BCUT2D eigenvalue weighted by atomic mass is 10.0. The first-order valence-corrected chi connectivity index (χ1v) is 8.38. The fourth-order valence-electron chi connectivity index (χ4n) is 1.43. The van der Waals surface area contributed by atoms with Crippen LogP contribution in [0, 0.1) is 5.92 Å². The van der Waals surface area contributed by atoms with Crippen LogP contribution in [0.3, 0.4) is 0 Å². The summed E-state index contributed by atoms with van der Waals surface area (Å²) in [5, 5.41) is 9.42. The smallest absolute Gasteiger partial charge is 0.164 e. The van der Waals surface area contributed by atoms with Crippen LogP contribution in [0.4, 0.5) is 0 Å². The van der Waals surface area contributed by atoms with E-state index in [-0.39, 0.29) is 11.9 Å². The number of carbonyl (C=O) groups is 1.